The zero-order valence-corrected chi connectivity index (χ0v) is 11.3. The third kappa shape index (κ3) is 7.67. The quantitative estimate of drug-likeness (QED) is 0.612. The van der Waals surface area contributed by atoms with E-state index in [1.165, 1.54) is 12.8 Å². The number of unbranched alkanes of at least 4 members (excludes halogenated alkanes) is 1. The van der Waals surface area contributed by atoms with Crippen molar-refractivity contribution in [2.24, 2.45) is 0 Å². The second kappa shape index (κ2) is 9.62. The number of hydrogen-bond acceptors (Lipinski definition) is 3. The molecular weight excluding hydrogens is 198 g/mol. The molecule has 0 heterocycles. The fraction of sp³-hybridized carbons (Fsp3) is 0.923. The zero-order valence-electron chi connectivity index (χ0n) is 11.3. The summed E-state index contributed by atoms with van der Waals surface area (Å²) in [4.78, 5) is 2.37. The largest absolute Gasteiger partial charge is 0.313 e. The Hall–Kier alpha value is -0.590. The summed E-state index contributed by atoms with van der Waals surface area (Å²) in [7, 11) is 2.17. The smallest absolute Gasteiger partial charge is 0.0638 e. The molecule has 1 N–H and O–H groups in total. The Balaban J connectivity index is 3.42. The van der Waals surface area contributed by atoms with Gasteiger partial charge in [0.05, 0.1) is 12.5 Å². The molecule has 0 aliphatic heterocycles. The van der Waals surface area contributed by atoms with Gasteiger partial charge in [0.1, 0.15) is 0 Å². The van der Waals surface area contributed by atoms with Crippen LogP contribution in [-0.2, 0) is 0 Å². The molecule has 0 rings (SSSR count). The second-order valence-electron chi connectivity index (χ2n) is 4.70. The van der Waals surface area contributed by atoms with Crippen LogP contribution in [0.4, 0.5) is 0 Å². The number of hydrogen-bond donors (Lipinski definition) is 1. The van der Waals surface area contributed by atoms with E-state index in [4.69, 9.17) is 5.26 Å². The zero-order chi connectivity index (χ0) is 12.4. The highest BCUT2D eigenvalue weighted by Crippen LogP contribution is 1.99. The SMILES string of the molecule is CCC(CC#N)NCCCCN(C)C(C)C. The van der Waals surface area contributed by atoms with Crippen molar-refractivity contribution in [1.29, 1.82) is 5.26 Å². The molecule has 3 nitrogen and oxygen atoms in total. The summed E-state index contributed by atoms with van der Waals surface area (Å²) in [5, 5.41) is 12.0. The van der Waals surface area contributed by atoms with Crippen molar-refractivity contribution in [3.05, 3.63) is 0 Å². The lowest BCUT2D eigenvalue weighted by molar-refractivity contribution is 0.267. The van der Waals surface area contributed by atoms with E-state index in [9.17, 15) is 0 Å². The maximum atomic E-state index is 8.61. The predicted molar refractivity (Wildman–Crippen MR) is 69.3 cm³/mol. The lowest BCUT2D eigenvalue weighted by atomic mass is 10.1. The molecule has 0 aromatic heterocycles. The van der Waals surface area contributed by atoms with Crippen LogP contribution in [0.3, 0.4) is 0 Å². The Morgan fingerprint density at radius 3 is 2.50 bits per heavy atom. The number of rotatable bonds is 9. The number of nitriles is 1. The summed E-state index contributed by atoms with van der Waals surface area (Å²) in [6, 6.07) is 3.24. The van der Waals surface area contributed by atoms with Gasteiger partial charge in [-0.15, -0.1) is 0 Å². The predicted octanol–water partition coefficient (Wildman–Crippen LogP) is 2.39. The first-order valence-electron chi connectivity index (χ1n) is 6.42. The van der Waals surface area contributed by atoms with Crippen LogP contribution in [0.2, 0.25) is 0 Å². The van der Waals surface area contributed by atoms with E-state index in [-0.39, 0.29) is 0 Å². The Kier molecular flexibility index (Phi) is 9.27. The fourth-order valence-electron chi connectivity index (χ4n) is 1.52. The van der Waals surface area contributed by atoms with Gasteiger partial charge in [-0.05, 0) is 53.2 Å². The van der Waals surface area contributed by atoms with E-state index < -0.39 is 0 Å². The molecule has 0 saturated carbocycles. The lowest BCUT2D eigenvalue weighted by Gasteiger charge is -2.21. The van der Waals surface area contributed by atoms with Crippen molar-refractivity contribution in [2.75, 3.05) is 20.1 Å². The minimum Gasteiger partial charge on any atom is -0.313 e. The van der Waals surface area contributed by atoms with Crippen molar-refractivity contribution in [3.8, 4) is 6.07 Å². The molecule has 94 valence electrons. The molecule has 0 saturated heterocycles. The molecule has 0 radical (unpaired) electrons. The van der Waals surface area contributed by atoms with Gasteiger partial charge in [-0.25, -0.2) is 0 Å². The molecule has 1 unspecified atom stereocenters. The third-order valence-corrected chi connectivity index (χ3v) is 3.08. The molecule has 0 aliphatic carbocycles. The van der Waals surface area contributed by atoms with Crippen LogP contribution in [0.15, 0.2) is 0 Å². The highest BCUT2D eigenvalue weighted by molar-refractivity contribution is 4.79. The van der Waals surface area contributed by atoms with Gasteiger partial charge in [0.2, 0.25) is 0 Å². The number of nitrogens with zero attached hydrogens (tertiary/aromatic N) is 2. The first kappa shape index (κ1) is 15.4. The normalized spacial score (nSPS) is 13.1. The van der Waals surface area contributed by atoms with Gasteiger partial charge in [0, 0.05) is 12.1 Å². The minimum atomic E-state index is 0.382. The molecule has 0 amide bonds. The van der Waals surface area contributed by atoms with Crippen LogP contribution in [0.5, 0.6) is 0 Å². The Labute approximate surface area is 101 Å². The van der Waals surface area contributed by atoms with Crippen LogP contribution in [0, 0.1) is 11.3 Å². The summed E-state index contributed by atoms with van der Waals surface area (Å²) in [6.07, 6.45) is 4.09. The van der Waals surface area contributed by atoms with E-state index in [0.717, 1.165) is 19.5 Å². The van der Waals surface area contributed by atoms with Crippen molar-refractivity contribution in [1.82, 2.24) is 10.2 Å². The fourth-order valence-corrected chi connectivity index (χ4v) is 1.52. The number of nitrogens with one attached hydrogen (secondary N) is 1. The summed E-state index contributed by atoms with van der Waals surface area (Å²) < 4.78 is 0. The van der Waals surface area contributed by atoms with Crippen LogP contribution in [0.1, 0.15) is 46.5 Å². The highest BCUT2D eigenvalue weighted by atomic mass is 15.1. The van der Waals surface area contributed by atoms with Gasteiger partial charge < -0.3 is 10.2 Å². The molecular formula is C13H27N3. The summed E-state index contributed by atoms with van der Waals surface area (Å²) in [5.41, 5.74) is 0. The monoisotopic (exact) mass is 225 g/mol. The van der Waals surface area contributed by atoms with Crippen LogP contribution >= 0.6 is 0 Å². The summed E-state index contributed by atoms with van der Waals surface area (Å²) in [6.45, 7) is 8.76. The van der Waals surface area contributed by atoms with Gasteiger partial charge in [-0.2, -0.15) is 5.26 Å². The second-order valence-corrected chi connectivity index (χ2v) is 4.70. The van der Waals surface area contributed by atoms with Crippen LogP contribution < -0.4 is 5.32 Å². The Morgan fingerprint density at radius 2 is 2.00 bits per heavy atom. The van der Waals surface area contributed by atoms with Gasteiger partial charge in [-0.1, -0.05) is 6.92 Å². The van der Waals surface area contributed by atoms with Crippen molar-refractivity contribution >= 4 is 0 Å². The average Bonchev–Trinajstić information content (AvgIpc) is 2.26. The van der Waals surface area contributed by atoms with E-state index in [0.29, 0.717) is 18.5 Å². The highest BCUT2D eigenvalue weighted by Gasteiger charge is 2.04. The van der Waals surface area contributed by atoms with Gasteiger partial charge >= 0.3 is 0 Å². The van der Waals surface area contributed by atoms with E-state index in [1.54, 1.807) is 0 Å². The van der Waals surface area contributed by atoms with Gasteiger partial charge in [0.15, 0.2) is 0 Å². The van der Waals surface area contributed by atoms with Crippen molar-refractivity contribution < 1.29 is 0 Å². The van der Waals surface area contributed by atoms with Crippen LogP contribution in [-0.4, -0.2) is 37.1 Å². The Bertz CT molecular complexity index is 196. The third-order valence-electron chi connectivity index (χ3n) is 3.08. The molecule has 0 fully saturated rings. The molecule has 16 heavy (non-hydrogen) atoms. The lowest BCUT2D eigenvalue weighted by Crippen LogP contribution is -2.30. The van der Waals surface area contributed by atoms with E-state index in [1.807, 2.05) is 0 Å². The van der Waals surface area contributed by atoms with E-state index in [2.05, 4.69) is 44.1 Å². The average molecular weight is 225 g/mol. The maximum Gasteiger partial charge on any atom is 0.0638 e. The van der Waals surface area contributed by atoms with E-state index >= 15 is 0 Å². The van der Waals surface area contributed by atoms with Crippen molar-refractivity contribution in [3.63, 3.8) is 0 Å². The molecule has 0 aromatic rings. The maximum absolute atomic E-state index is 8.61. The Morgan fingerprint density at radius 1 is 1.31 bits per heavy atom. The van der Waals surface area contributed by atoms with Crippen molar-refractivity contribution in [2.45, 2.75) is 58.5 Å². The first-order chi connectivity index (χ1) is 7.61. The standard InChI is InChI=1S/C13H27N3/c1-5-13(8-9-14)15-10-6-7-11-16(4)12(2)3/h12-13,15H,5-8,10-11H2,1-4H3. The minimum absolute atomic E-state index is 0.382. The molecule has 3 heteroatoms. The van der Waals surface area contributed by atoms with Gasteiger partial charge in [0.25, 0.3) is 0 Å². The summed E-state index contributed by atoms with van der Waals surface area (Å²) >= 11 is 0. The molecule has 0 aliphatic rings. The molecule has 0 bridgehead atoms. The van der Waals surface area contributed by atoms with Gasteiger partial charge in [-0.3, -0.25) is 0 Å². The molecule has 0 spiro atoms. The topological polar surface area (TPSA) is 39.1 Å². The molecule has 0 aromatic carbocycles. The van der Waals surface area contributed by atoms with Crippen LogP contribution in [0.25, 0.3) is 0 Å². The summed E-state index contributed by atoms with van der Waals surface area (Å²) in [5.74, 6) is 0. The first-order valence-corrected chi connectivity index (χ1v) is 6.42. The molecule has 1 atom stereocenters.